The highest BCUT2D eigenvalue weighted by Crippen LogP contribution is 2.52. The van der Waals surface area contributed by atoms with Crippen molar-refractivity contribution in [2.24, 2.45) is 11.3 Å². The molecule has 21 heavy (non-hydrogen) atoms. The molecule has 3 nitrogen and oxygen atoms in total. The molecule has 4 heteroatoms. The molecule has 0 aromatic heterocycles. The van der Waals surface area contributed by atoms with E-state index in [-0.39, 0.29) is 17.4 Å². The number of benzene rings is 1. The van der Waals surface area contributed by atoms with Crippen molar-refractivity contribution in [2.45, 2.75) is 44.2 Å². The summed E-state index contributed by atoms with van der Waals surface area (Å²) in [5.41, 5.74) is 1.30. The van der Waals surface area contributed by atoms with Gasteiger partial charge >= 0.3 is 0 Å². The molecule has 1 saturated heterocycles. The molecule has 2 aliphatic rings. The number of carbonyl (C=O) groups excluding carboxylic acids is 1. The summed E-state index contributed by atoms with van der Waals surface area (Å²) in [6, 6.07) is 8.56. The maximum absolute atomic E-state index is 12.2. The lowest BCUT2D eigenvalue weighted by Crippen LogP contribution is -2.66. The minimum absolute atomic E-state index is 0.0609. The van der Waals surface area contributed by atoms with Gasteiger partial charge in [-0.25, -0.2) is 0 Å². The second-order valence-corrected chi connectivity index (χ2v) is 7.76. The quantitative estimate of drug-likeness (QED) is 0.869. The number of ether oxygens (including phenoxy) is 1. The number of nitrogens with one attached hydrogen (secondary N) is 1. The van der Waals surface area contributed by atoms with Crippen LogP contribution in [0.15, 0.2) is 29.2 Å². The molecule has 0 spiro atoms. The maximum Gasteiger partial charge on any atom is 0.230 e. The van der Waals surface area contributed by atoms with Gasteiger partial charge in [-0.3, -0.25) is 4.79 Å². The van der Waals surface area contributed by atoms with Gasteiger partial charge < -0.3 is 10.1 Å². The molecule has 1 saturated carbocycles. The smallest absolute Gasteiger partial charge is 0.230 e. The fraction of sp³-hybridized carbons (Fsp3) is 0.588. The summed E-state index contributed by atoms with van der Waals surface area (Å²) in [6.45, 7) is 7.29. The van der Waals surface area contributed by atoms with Crippen molar-refractivity contribution >= 4 is 17.7 Å². The van der Waals surface area contributed by atoms with Gasteiger partial charge in [-0.15, -0.1) is 11.8 Å². The molecular weight excluding hydrogens is 282 g/mol. The zero-order valence-electron chi connectivity index (χ0n) is 12.9. The number of carbonyl (C=O) groups is 1. The second kappa shape index (κ2) is 5.65. The Kier molecular flexibility index (Phi) is 4.02. The second-order valence-electron chi connectivity index (χ2n) is 6.71. The van der Waals surface area contributed by atoms with Gasteiger partial charge in [0, 0.05) is 28.9 Å². The fourth-order valence-electron chi connectivity index (χ4n) is 3.62. The molecule has 1 aromatic rings. The topological polar surface area (TPSA) is 38.3 Å². The number of amides is 1. The third-order valence-corrected chi connectivity index (χ3v) is 5.82. The van der Waals surface area contributed by atoms with E-state index in [9.17, 15) is 4.79 Å². The van der Waals surface area contributed by atoms with E-state index in [2.05, 4.69) is 50.4 Å². The van der Waals surface area contributed by atoms with Crippen molar-refractivity contribution < 1.29 is 9.53 Å². The van der Waals surface area contributed by atoms with Crippen LogP contribution < -0.4 is 5.32 Å². The molecule has 1 aliphatic heterocycles. The van der Waals surface area contributed by atoms with E-state index in [0.29, 0.717) is 17.8 Å². The Morgan fingerprint density at radius 2 is 2.10 bits per heavy atom. The van der Waals surface area contributed by atoms with Gasteiger partial charge in [0.1, 0.15) is 0 Å². The van der Waals surface area contributed by atoms with Gasteiger partial charge in [0.25, 0.3) is 0 Å². The number of hydrogen-bond acceptors (Lipinski definition) is 3. The predicted molar refractivity (Wildman–Crippen MR) is 85.5 cm³/mol. The molecular formula is C17H23NO2S. The van der Waals surface area contributed by atoms with E-state index < -0.39 is 0 Å². The molecule has 3 rings (SSSR count). The lowest BCUT2D eigenvalue weighted by atomic mass is 9.57. The minimum atomic E-state index is 0.0609. The summed E-state index contributed by atoms with van der Waals surface area (Å²) >= 11 is 1.60. The average molecular weight is 305 g/mol. The first-order valence-corrected chi connectivity index (χ1v) is 8.57. The Bertz CT molecular complexity index is 526. The van der Waals surface area contributed by atoms with E-state index in [1.54, 1.807) is 11.8 Å². The molecule has 0 bridgehead atoms. The van der Waals surface area contributed by atoms with Gasteiger partial charge in [0.2, 0.25) is 5.91 Å². The van der Waals surface area contributed by atoms with Crippen molar-refractivity contribution in [2.75, 3.05) is 12.4 Å². The van der Waals surface area contributed by atoms with E-state index in [1.165, 1.54) is 5.56 Å². The zero-order chi connectivity index (χ0) is 15.0. The molecule has 1 aliphatic carbocycles. The first-order chi connectivity index (χ1) is 9.98. The van der Waals surface area contributed by atoms with Crippen LogP contribution >= 0.6 is 11.8 Å². The lowest BCUT2D eigenvalue weighted by molar-refractivity contribution is -0.135. The third-order valence-electron chi connectivity index (χ3n) is 4.81. The molecule has 3 atom stereocenters. The summed E-state index contributed by atoms with van der Waals surface area (Å²) in [5, 5.41) is 3.22. The van der Waals surface area contributed by atoms with E-state index >= 15 is 0 Å². The summed E-state index contributed by atoms with van der Waals surface area (Å²) < 4.78 is 5.76. The summed E-state index contributed by atoms with van der Waals surface area (Å²) in [5.74, 6) is 1.12. The van der Waals surface area contributed by atoms with Gasteiger partial charge in [-0.1, -0.05) is 31.5 Å². The molecule has 1 aromatic carbocycles. The average Bonchev–Trinajstić information content (AvgIpc) is 2.91. The Labute approximate surface area is 130 Å². The van der Waals surface area contributed by atoms with Gasteiger partial charge in [-0.2, -0.15) is 0 Å². The highest BCUT2D eigenvalue weighted by Gasteiger charge is 2.59. The molecule has 2 fully saturated rings. The molecule has 0 radical (unpaired) electrons. The number of thioether (sulfide) groups is 1. The van der Waals surface area contributed by atoms with E-state index in [4.69, 9.17) is 4.74 Å². The van der Waals surface area contributed by atoms with Crippen LogP contribution in [0.4, 0.5) is 0 Å². The molecule has 1 heterocycles. The largest absolute Gasteiger partial charge is 0.377 e. The number of hydrogen-bond donors (Lipinski definition) is 1. The normalized spacial score (nSPS) is 29.6. The lowest BCUT2D eigenvalue weighted by Gasteiger charge is -2.54. The maximum atomic E-state index is 12.2. The van der Waals surface area contributed by atoms with Crippen molar-refractivity contribution in [1.82, 2.24) is 5.32 Å². The van der Waals surface area contributed by atoms with Crippen LogP contribution in [-0.2, 0) is 9.53 Å². The van der Waals surface area contributed by atoms with Crippen molar-refractivity contribution in [3.63, 3.8) is 0 Å². The molecule has 1 amide bonds. The van der Waals surface area contributed by atoms with Crippen LogP contribution in [0, 0.1) is 18.3 Å². The van der Waals surface area contributed by atoms with Crippen molar-refractivity contribution in [3.05, 3.63) is 29.8 Å². The summed E-state index contributed by atoms with van der Waals surface area (Å²) in [7, 11) is 0. The molecule has 114 valence electrons. The van der Waals surface area contributed by atoms with Crippen LogP contribution in [0.3, 0.4) is 0 Å². The first kappa shape index (κ1) is 14.9. The summed E-state index contributed by atoms with van der Waals surface area (Å²) in [4.78, 5) is 13.3. The van der Waals surface area contributed by atoms with E-state index in [1.807, 2.05) is 0 Å². The standard InChI is InChI=1S/C17H23NO2S/c1-11-4-6-12(7-5-11)21-10-14(19)18-15-13-8-9-20-16(13)17(15,2)3/h4-7,13,15-16H,8-10H2,1-3H3,(H,18,19)/t13-,15+,16-/m0/s1. The number of aryl methyl sites for hydroxylation is 1. The van der Waals surface area contributed by atoms with Crippen LogP contribution in [0.2, 0.25) is 0 Å². The zero-order valence-corrected chi connectivity index (χ0v) is 13.7. The first-order valence-electron chi connectivity index (χ1n) is 7.59. The Hall–Kier alpha value is -1.00. The third kappa shape index (κ3) is 2.84. The predicted octanol–water partition coefficient (Wildman–Crippen LogP) is 3.02. The van der Waals surface area contributed by atoms with Crippen LogP contribution in [0.25, 0.3) is 0 Å². The number of rotatable bonds is 4. The van der Waals surface area contributed by atoms with Gasteiger partial charge in [0.05, 0.1) is 11.9 Å². The highest BCUT2D eigenvalue weighted by atomic mass is 32.2. The number of fused-ring (bicyclic) bond motifs is 1. The molecule has 1 N–H and O–H groups in total. The molecule has 0 unspecified atom stereocenters. The Balaban J connectivity index is 1.51. The minimum Gasteiger partial charge on any atom is -0.377 e. The summed E-state index contributed by atoms with van der Waals surface area (Å²) in [6.07, 6.45) is 1.40. The SMILES string of the molecule is Cc1ccc(SCC(=O)N[C@@H]2[C@@H]3CCO[C@@H]3C2(C)C)cc1. The van der Waals surface area contributed by atoms with Crippen LogP contribution in [-0.4, -0.2) is 30.4 Å². The van der Waals surface area contributed by atoms with Crippen molar-refractivity contribution in [3.8, 4) is 0 Å². The van der Waals surface area contributed by atoms with Gasteiger partial charge in [-0.05, 0) is 25.5 Å². The monoisotopic (exact) mass is 305 g/mol. The van der Waals surface area contributed by atoms with E-state index in [0.717, 1.165) is 17.9 Å². The Morgan fingerprint density at radius 3 is 2.81 bits per heavy atom. The van der Waals surface area contributed by atoms with Crippen LogP contribution in [0.1, 0.15) is 25.8 Å². The van der Waals surface area contributed by atoms with Crippen LogP contribution in [0.5, 0.6) is 0 Å². The highest BCUT2D eigenvalue weighted by molar-refractivity contribution is 8.00. The van der Waals surface area contributed by atoms with Crippen molar-refractivity contribution in [1.29, 1.82) is 0 Å². The van der Waals surface area contributed by atoms with Gasteiger partial charge in [0.15, 0.2) is 0 Å². The Morgan fingerprint density at radius 1 is 1.38 bits per heavy atom. The fourth-order valence-corrected chi connectivity index (χ4v) is 4.33.